The standard InChI is InChI=1S/C19H19N3O4S/c1-10-15-17(23)21-9-22-19(15)27-16(10)18(24)20-7-11-5-12-3-4-13(25-2)6-14(12)26-8-11/h3-4,6,9,11H,5,7-8H2,1-2H3,(H,20,24)(H,21,22,23). The van der Waals surface area contributed by atoms with Crippen molar-refractivity contribution < 1.29 is 14.3 Å². The smallest absolute Gasteiger partial charge is 0.261 e. The number of carbonyl (C=O) groups excluding carboxylic acids is 1. The van der Waals surface area contributed by atoms with Gasteiger partial charge in [0.15, 0.2) is 0 Å². The van der Waals surface area contributed by atoms with Crippen LogP contribution in [0.5, 0.6) is 11.5 Å². The van der Waals surface area contributed by atoms with Crippen molar-refractivity contribution in [2.75, 3.05) is 20.3 Å². The summed E-state index contributed by atoms with van der Waals surface area (Å²) in [7, 11) is 1.63. The summed E-state index contributed by atoms with van der Waals surface area (Å²) in [6.07, 6.45) is 2.18. The number of nitrogens with one attached hydrogen (secondary N) is 2. The third-order valence-electron chi connectivity index (χ3n) is 4.75. The van der Waals surface area contributed by atoms with Crippen molar-refractivity contribution in [3.63, 3.8) is 0 Å². The molecule has 1 aliphatic heterocycles. The Bertz CT molecular complexity index is 1070. The highest BCUT2D eigenvalue weighted by molar-refractivity contribution is 7.20. The van der Waals surface area contributed by atoms with Gasteiger partial charge in [0.05, 0.1) is 30.3 Å². The van der Waals surface area contributed by atoms with Gasteiger partial charge in [-0.2, -0.15) is 0 Å². The third-order valence-corrected chi connectivity index (χ3v) is 5.95. The molecular weight excluding hydrogens is 366 g/mol. The first-order valence-corrected chi connectivity index (χ1v) is 9.43. The predicted molar refractivity (Wildman–Crippen MR) is 103 cm³/mol. The molecule has 1 aliphatic rings. The Hall–Kier alpha value is -2.87. The molecule has 3 aromatic rings. The molecule has 1 amide bonds. The van der Waals surface area contributed by atoms with Gasteiger partial charge in [0.2, 0.25) is 0 Å². The van der Waals surface area contributed by atoms with E-state index in [-0.39, 0.29) is 17.4 Å². The van der Waals surface area contributed by atoms with Crippen molar-refractivity contribution in [2.45, 2.75) is 13.3 Å². The zero-order valence-electron chi connectivity index (χ0n) is 15.0. The molecule has 0 fully saturated rings. The van der Waals surface area contributed by atoms with Crippen LogP contribution in [0, 0.1) is 12.8 Å². The lowest BCUT2D eigenvalue weighted by Gasteiger charge is -2.25. The van der Waals surface area contributed by atoms with Gasteiger partial charge in [-0.25, -0.2) is 4.98 Å². The van der Waals surface area contributed by atoms with E-state index in [1.54, 1.807) is 14.0 Å². The Morgan fingerprint density at radius 1 is 1.48 bits per heavy atom. The van der Waals surface area contributed by atoms with Crippen LogP contribution < -0.4 is 20.3 Å². The summed E-state index contributed by atoms with van der Waals surface area (Å²) >= 11 is 1.24. The number of thiophene rings is 1. The molecule has 140 valence electrons. The molecule has 7 nitrogen and oxygen atoms in total. The maximum absolute atomic E-state index is 12.6. The zero-order chi connectivity index (χ0) is 19.0. The number of methoxy groups -OCH3 is 1. The number of benzene rings is 1. The van der Waals surface area contributed by atoms with Crippen LogP contribution in [0.1, 0.15) is 20.8 Å². The first-order valence-electron chi connectivity index (χ1n) is 8.61. The predicted octanol–water partition coefficient (Wildman–Crippen LogP) is 2.28. The molecule has 27 heavy (non-hydrogen) atoms. The Morgan fingerprint density at radius 2 is 2.33 bits per heavy atom. The van der Waals surface area contributed by atoms with Crippen LogP contribution in [0.15, 0.2) is 29.3 Å². The normalized spacial score (nSPS) is 15.9. The summed E-state index contributed by atoms with van der Waals surface area (Å²) in [5.74, 6) is 1.60. The molecular formula is C19H19N3O4S. The second kappa shape index (κ2) is 7.03. The van der Waals surface area contributed by atoms with Gasteiger partial charge in [-0.15, -0.1) is 11.3 Å². The number of amides is 1. The van der Waals surface area contributed by atoms with Crippen LogP contribution in [0.25, 0.3) is 10.2 Å². The quantitative estimate of drug-likeness (QED) is 0.719. The summed E-state index contributed by atoms with van der Waals surface area (Å²) < 4.78 is 11.0. The van der Waals surface area contributed by atoms with Crippen LogP contribution in [0.4, 0.5) is 0 Å². The summed E-state index contributed by atoms with van der Waals surface area (Å²) in [5.41, 5.74) is 1.55. The zero-order valence-corrected chi connectivity index (χ0v) is 15.8. The Morgan fingerprint density at radius 3 is 3.11 bits per heavy atom. The van der Waals surface area contributed by atoms with Crippen LogP contribution >= 0.6 is 11.3 Å². The van der Waals surface area contributed by atoms with Gasteiger partial charge in [0, 0.05) is 18.5 Å². The molecule has 3 heterocycles. The summed E-state index contributed by atoms with van der Waals surface area (Å²) in [4.78, 5) is 32.4. The number of fused-ring (bicyclic) bond motifs is 2. The first-order chi connectivity index (χ1) is 13.1. The number of rotatable bonds is 4. The maximum Gasteiger partial charge on any atom is 0.261 e. The number of carbonyl (C=O) groups is 1. The summed E-state index contributed by atoms with van der Waals surface area (Å²) in [6.45, 7) is 2.81. The first kappa shape index (κ1) is 17.5. The number of nitrogens with zero attached hydrogens (tertiary/aromatic N) is 1. The van der Waals surface area contributed by atoms with Crippen LogP contribution in [0.2, 0.25) is 0 Å². The molecule has 8 heteroatoms. The molecule has 4 rings (SSSR count). The van der Waals surface area contributed by atoms with E-state index in [1.165, 1.54) is 17.7 Å². The number of hydrogen-bond acceptors (Lipinski definition) is 6. The minimum absolute atomic E-state index is 0.185. The van der Waals surface area contributed by atoms with Crippen LogP contribution in [0.3, 0.4) is 0 Å². The summed E-state index contributed by atoms with van der Waals surface area (Å²) in [6, 6.07) is 5.79. The number of aromatic amines is 1. The Balaban J connectivity index is 1.45. The Kier molecular flexibility index (Phi) is 4.57. The minimum atomic E-state index is -0.222. The van der Waals surface area contributed by atoms with Gasteiger partial charge < -0.3 is 19.8 Å². The number of aromatic nitrogens is 2. The van der Waals surface area contributed by atoms with Crippen molar-refractivity contribution in [1.82, 2.24) is 15.3 Å². The molecule has 0 bridgehead atoms. The highest BCUT2D eigenvalue weighted by Gasteiger charge is 2.23. The van der Waals surface area contributed by atoms with E-state index in [1.807, 2.05) is 18.2 Å². The van der Waals surface area contributed by atoms with Gasteiger partial charge in [-0.1, -0.05) is 6.07 Å². The molecule has 1 aromatic carbocycles. The Labute approximate surface area is 159 Å². The fourth-order valence-electron chi connectivity index (χ4n) is 3.29. The maximum atomic E-state index is 12.6. The lowest BCUT2D eigenvalue weighted by atomic mass is 9.96. The van der Waals surface area contributed by atoms with E-state index >= 15 is 0 Å². The minimum Gasteiger partial charge on any atom is -0.497 e. The van der Waals surface area contributed by atoms with E-state index in [2.05, 4.69) is 15.3 Å². The molecule has 0 saturated carbocycles. The number of H-pyrrole nitrogens is 1. The van der Waals surface area contributed by atoms with E-state index in [0.29, 0.717) is 33.8 Å². The molecule has 0 aliphatic carbocycles. The van der Waals surface area contributed by atoms with Crippen LogP contribution in [-0.2, 0) is 6.42 Å². The highest BCUT2D eigenvalue weighted by Crippen LogP contribution is 2.31. The second-order valence-electron chi connectivity index (χ2n) is 6.53. The topological polar surface area (TPSA) is 93.3 Å². The molecule has 0 saturated heterocycles. The molecule has 0 spiro atoms. The van der Waals surface area contributed by atoms with Crippen molar-refractivity contribution >= 4 is 27.5 Å². The van der Waals surface area contributed by atoms with Gasteiger partial charge >= 0.3 is 0 Å². The summed E-state index contributed by atoms with van der Waals surface area (Å²) in [5, 5.41) is 3.45. The second-order valence-corrected chi connectivity index (χ2v) is 7.53. The molecule has 2 aromatic heterocycles. The number of hydrogen-bond donors (Lipinski definition) is 2. The van der Waals surface area contributed by atoms with Crippen molar-refractivity contribution in [1.29, 1.82) is 0 Å². The molecule has 2 N–H and O–H groups in total. The SMILES string of the molecule is COc1ccc2c(c1)OCC(CNC(=O)c1sc3nc[nH]c(=O)c3c1C)C2. The average Bonchev–Trinajstić information content (AvgIpc) is 3.03. The van der Waals surface area contributed by atoms with Crippen LogP contribution in [-0.4, -0.2) is 36.1 Å². The van der Waals surface area contributed by atoms with Gasteiger partial charge in [0.25, 0.3) is 11.5 Å². The van der Waals surface area contributed by atoms with Crippen molar-refractivity contribution in [3.05, 3.63) is 50.9 Å². The molecule has 1 atom stereocenters. The van der Waals surface area contributed by atoms with E-state index in [4.69, 9.17) is 9.47 Å². The van der Waals surface area contributed by atoms with Gasteiger partial charge in [-0.3, -0.25) is 9.59 Å². The lowest BCUT2D eigenvalue weighted by Crippen LogP contribution is -2.34. The van der Waals surface area contributed by atoms with Gasteiger partial charge in [-0.05, 0) is 30.5 Å². The van der Waals surface area contributed by atoms with Crippen molar-refractivity contribution in [3.8, 4) is 11.5 Å². The van der Waals surface area contributed by atoms with E-state index in [0.717, 1.165) is 23.5 Å². The average molecular weight is 385 g/mol. The molecule has 0 radical (unpaired) electrons. The van der Waals surface area contributed by atoms with E-state index < -0.39 is 0 Å². The number of ether oxygens (including phenoxy) is 2. The molecule has 1 unspecified atom stereocenters. The number of aryl methyl sites for hydroxylation is 1. The van der Waals surface area contributed by atoms with Crippen molar-refractivity contribution in [2.24, 2.45) is 5.92 Å². The largest absolute Gasteiger partial charge is 0.497 e. The van der Waals surface area contributed by atoms with E-state index in [9.17, 15) is 9.59 Å². The fraction of sp³-hybridized carbons (Fsp3) is 0.316. The van der Waals surface area contributed by atoms with Gasteiger partial charge in [0.1, 0.15) is 16.3 Å². The lowest BCUT2D eigenvalue weighted by molar-refractivity contribution is 0.0942. The monoisotopic (exact) mass is 385 g/mol. The fourth-order valence-corrected chi connectivity index (χ4v) is 4.35. The third kappa shape index (κ3) is 3.28. The highest BCUT2D eigenvalue weighted by atomic mass is 32.1.